The molecule has 1 aromatic rings. The van der Waals surface area contributed by atoms with Crippen LogP contribution in [0, 0.1) is 11.3 Å². The molecule has 0 saturated heterocycles. The molecule has 1 amide bonds. The fourth-order valence-electron chi connectivity index (χ4n) is 1.40. The molecule has 4 nitrogen and oxygen atoms in total. The second kappa shape index (κ2) is 6.66. The summed E-state index contributed by atoms with van der Waals surface area (Å²) < 4.78 is 5.14. The van der Waals surface area contributed by atoms with Gasteiger partial charge in [-0.15, -0.1) is 0 Å². The Balaban J connectivity index is 2.65. The van der Waals surface area contributed by atoms with Crippen molar-refractivity contribution in [3.63, 3.8) is 0 Å². The van der Waals surface area contributed by atoms with Crippen LogP contribution in [0.1, 0.15) is 18.9 Å². The number of hydrogen-bond donors (Lipinski definition) is 0. The average molecular weight is 232 g/mol. The third-order valence-corrected chi connectivity index (χ3v) is 2.40. The number of nitrogens with zero attached hydrogens (tertiary/aromatic N) is 2. The van der Waals surface area contributed by atoms with E-state index in [9.17, 15) is 4.79 Å². The molecule has 0 atom stereocenters. The molecule has 17 heavy (non-hydrogen) atoms. The Labute approximate surface area is 101 Å². The molecule has 90 valence electrons. The molecule has 0 aromatic heterocycles. The molecule has 1 rings (SSSR count). The van der Waals surface area contributed by atoms with E-state index in [1.807, 2.05) is 6.92 Å². The molecule has 0 N–H and O–H groups in total. The van der Waals surface area contributed by atoms with Crippen LogP contribution in [0.15, 0.2) is 24.3 Å². The van der Waals surface area contributed by atoms with Gasteiger partial charge in [0, 0.05) is 19.3 Å². The van der Waals surface area contributed by atoms with Crippen LogP contribution in [-0.2, 0) is 9.53 Å². The summed E-state index contributed by atoms with van der Waals surface area (Å²) in [5.74, 6) is -0.0199. The molecule has 4 heteroatoms. The molecular formula is C13H16N2O2. The van der Waals surface area contributed by atoms with Crippen molar-refractivity contribution in [1.82, 2.24) is 0 Å². The molecule has 0 aliphatic carbocycles. The maximum Gasteiger partial charge on any atom is 0.229 e. The minimum absolute atomic E-state index is 0.0199. The first-order chi connectivity index (χ1) is 8.19. The van der Waals surface area contributed by atoms with E-state index >= 15 is 0 Å². The summed E-state index contributed by atoms with van der Waals surface area (Å²) in [5.41, 5.74) is 1.28. The number of ether oxygens (including phenoxy) is 1. The zero-order valence-electron chi connectivity index (χ0n) is 10.1. The average Bonchev–Trinajstić information content (AvgIpc) is 2.38. The molecule has 0 radical (unpaired) electrons. The first-order valence-corrected chi connectivity index (χ1v) is 5.53. The quantitative estimate of drug-likeness (QED) is 0.729. The zero-order valence-corrected chi connectivity index (χ0v) is 10.1. The van der Waals surface area contributed by atoms with E-state index in [-0.39, 0.29) is 5.91 Å². The van der Waals surface area contributed by atoms with Gasteiger partial charge in [-0.2, -0.15) is 5.26 Å². The number of amides is 1. The van der Waals surface area contributed by atoms with Gasteiger partial charge in [0.05, 0.1) is 24.7 Å². The van der Waals surface area contributed by atoms with Crippen LogP contribution in [0.2, 0.25) is 0 Å². The topological polar surface area (TPSA) is 53.3 Å². The second-order valence-corrected chi connectivity index (χ2v) is 3.56. The van der Waals surface area contributed by atoms with Crippen molar-refractivity contribution >= 4 is 11.6 Å². The van der Waals surface area contributed by atoms with E-state index in [1.165, 1.54) is 0 Å². The largest absolute Gasteiger partial charge is 0.381 e. The fraction of sp³-hybridized carbons (Fsp3) is 0.385. The third-order valence-electron chi connectivity index (χ3n) is 2.40. The Kier molecular flexibility index (Phi) is 5.18. The highest BCUT2D eigenvalue weighted by molar-refractivity contribution is 5.92. The van der Waals surface area contributed by atoms with Gasteiger partial charge in [-0.1, -0.05) is 6.07 Å². The van der Waals surface area contributed by atoms with Crippen LogP contribution in [0.5, 0.6) is 0 Å². The predicted octanol–water partition coefficient (Wildman–Crippen LogP) is 1.95. The van der Waals surface area contributed by atoms with E-state index in [4.69, 9.17) is 10.00 Å². The van der Waals surface area contributed by atoms with E-state index in [0.29, 0.717) is 25.2 Å². The van der Waals surface area contributed by atoms with Crippen molar-refractivity contribution in [3.8, 4) is 6.07 Å². The highest BCUT2D eigenvalue weighted by atomic mass is 16.5. The van der Waals surface area contributed by atoms with Gasteiger partial charge in [-0.05, 0) is 25.1 Å². The number of anilines is 1. The normalized spacial score (nSPS) is 9.71. The molecule has 0 aliphatic heterocycles. The maximum absolute atomic E-state index is 11.8. The van der Waals surface area contributed by atoms with E-state index < -0.39 is 0 Å². The summed E-state index contributed by atoms with van der Waals surface area (Å²) in [4.78, 5) is 13.3. The Bertz CT molecular complexity index is 424. The monoisotopic (exact) mass is 232 g/mol. The van der Waals surface area contributed by atoms with Gasteiger partial charge in [0.2, 0.25) is 5.91 Å². The lowest BCUT2D eigenvalue weighted by Gasteiger charge is -2.17. The van der Waals surface area contributed by atoms with Gasteiger partial charge in [0.1, 0.15) is 0 Å². The van der Waals surface area contributed by atoms with Crippen LogP contribution in [0.25, 0.3) is 0 Å². The number of hydrogen-bond acceptors (Lipinski definition) is 3. The summed E-state index contributed by atoms with van der Waals surface area (Å²) in [6, 6.07) is 9.02. The molecule has 0 aliphatic rings. The first-order valence-electron chi connectivity index (χ1n) is 5.53. The van der Waals surface area contributed by atoms with Crippen molar-refractivity contribution in [1.29, 1.82) is 5.26 Å². The van der Waals surface area contributed by atoms with E-state index in [1.54, 1.807) is 36.2 Å². The molecular weight excluding hydrogens is 216 g/mol. The van der Waals surface area contributed by atoms with Crippen LogP contribution >= 0.6 is 0 Å². The van der Waals surface area contributed by atoms with Crippen molar-refractivity contribution in [2.45, 2.75) is 13.3 Å². The number of carbonyl (C=O) groups is 1. The highest BCUT2D eigenvalue weighted by Crippen LogP contribution is 2.15. The van der Waals surface area contributed by atoms with Crippen LogP contribution < -0.4 is 4.90 Å². The number of nitriles is 1. The first kappa shape index (κ1) is 13.2. The van der Waals surface area contributed by atoms with Crippen molar-refractivity contribution in [3.05, 3.63) is 29.8 Å². The zero-order chi connectivity index (χ0) is 12.7. The number of benzene rings is 1. The lowest BCUT2D eigenvalue weighted by atomic mass is 10.2. The lowest BCUT2D eigenvalue weighted by Crippen LogP contribution is -2.27. The molecule has 0 heterocycles. The number of carbonyl (C=O) groups excluding carboxylic acids is 1. The smallest absolute Gasteiger partial charge is 0.229 e. The summed E-state index contributed by atoms with van der Waals surface area (Å²) in [5, 5.41) is 8.78. The van der Waals surface area contributed by atoms with Crippen LogP contribution in [0.3, 0.4) is 0 Å². The molecule has 1 aromatic carbocycles. The fourth-order valence-corrected chi connectivity index (χ4v) is 1.40. The third kappa shape index (κ3) is 3.89. The van der Waals surface area contributed by atoms with Crippen molar-refractivity contribution in [2.24, 2.45) is 0 Å². The van der Waals surface area contributed by atoms with Gasteiger partial charge in [-0.25, -0.2) is 0 Å². The minimum Gasteiger partial charge on any atom is -0.381 e. The Hall–Kier alpha value is -1.86. The molecule has 0 unspecified atom stereocenters. The Morgan fingerprint density at radius 3 is 2.94 bits per heavy atom. The van der Waals surface area contributed by atoms with Gasteiger partial charge >= 0.3 is 0 Å². The standard InChI is InChI=1S/C13H16N2O2/c1-3-17-8-7-13(16)15(2)12-6-4-5-11(9-12)10-14/h4-6,9H,3,7-8H2,1-2H3. The van der Waals surface area contributed by atoms with Crippen LogP contribution in [-0.4, -0.2) is 26.2 Å². The SMILES string of the molecule is CCOCCC(=O)N(C)c1cccc(C#N)c1. The Morgan fingerprint density at radius 2 is 2.29 bits per heavy atom. The van der Waals surface area contributed by atoms with Crippen molar-refractivity contribution in [2.75, 3.05) is 25.2 Å². The van der Waals surface area contributed by atoms with Gasteiger partial charge in [0.25, 0.3) is 0 Å². The summed E-state index contributed by atoms with van der Waals surface area (Å²) in [6.45, 7) is 2.93. The molecule has 0 spiro atoms. The highest BCUT2D eigenvalue weighted by Gasteiger charge is 2.10. The summed E-state index contributed by atoms with van der Waals surface area (Å²) >= 11 is 0. The van der Waals surface area contributed by atoms with Gasteiger partial charge in [-0.3, -0.25) is 4.79 Å². The lowest BCUT2D eigenvalue weighted by molar-refractivity contribution is -0.119. The van der Waals surface area contributed by atoms with Gasteiger partial charge < -0.3 is 9.64 Å². The molecule has 0 bridgehead atoms. The van der Waals surface area contributed by atoms with E-state index in [0.717, 1.165) is 5.69 Å². The second-order valence-electron chi connectivity index (χ2n) is 3.56. The summed E-state index contributed by atoms with van der Waals surface area (Å²) in [7, 11) is 1.70. The number of rotatable bonds is 5. The minimum atomic E-state index is -0.0199. The summed E-state index contributed by atoms with van der Waals surface area (Å²) in [6.07, 6.45) is 0.348. The van der Waals surface area contributed by atoms with Crippen molar-refractivity contribution < 1.29 is 9.53 Å². The predicted molar refractivity (Wildman–Crippen MR) is 65.7 cm³/mol. The maximum atomic E-state index is 11.8. The van der Waals surface area contributed by atoms with Gasteiger partial charge in [0.15, 0.2) is 0 Å². The molecule has 0 saturated carbocycles. The van der Waals surface area contributed by atoms with E-state index in [2.05, 4.69) is 6.07 Å². The van der Waals surface area contributed by atoms with Crippen LogP contribution in [0.4, 0.5) is 5.69 Å². The Morgan fingerprint density at radius 1 is 1.53 bits per heavy atom. The molecule has 0 fully saturated rings.